The van der Waals surface area contributed by atoms with Crippen molar-refractivity contribution in [3.05, 3.63) is 106 Å². The summed E-state index contributed by atoms with van der Waals surface area (Å²) in [5.74, 6) is -0.923. The van der Waals surface area contributed by atoms with Crippen LogP contribution in [0.4, 0.5) is 0 Å². The lowest BCUT2D eigenvalue weighted by molar-refractivity contribution is 0.0685. The molecule has 0 aliphatic heterocycles. The molecule has 0 atom stereocenters. The molecule has 2 N–H and O–H groups in total. The van der Waals surface area contributed by atoms with Gasteiger partial charge in [-0.05, 0) is 42.3 Å². The largest absolute Gasteiger partial charge is 0.477 e. The van der Waals surface area contributed by atoms with Crippen LogP contribution in [-0.4, -0.2) is 22.2 Å². The Labute approximate surface area is 180 Å². The normalized spacial score (nSPS) is 11.1. The van der Waals surface area contributed by atoms with Crippen LogP contribution in [0.15, 0.2) is 78.9 Å². The number of fused-ring (bicyclic) bond motifs is 1. The third kappa shape index (κ3) is 4.40. The van der Waals surface area contributed by atoms with E-state index in [0.29, 0.717) is 23.8 Å². The predicted octanol–water partition coefficient (Wildman–Crippen LogP) is 5.37. The molecular weight excluding hydrogens is 396 g/mol. The summed E-state index contributed by atoms with van der Waals surface area (Å²) in [5, 5.41) is 15.1. The molecule has 3 aromatic carbocycles. The molecule has 30 heavy (non-hydrogen) atoms. The molecule has 0 aliphatic rings. The summed E-state index contributed by atoms with van der Waals surface area (Å²) in [6, 6.07) is 25.7. The highest BCUT2D eigenvalue weighted by atomic mass is 35.5. The number of rotatable bonds is 8. The fourth-order valence-electron chi connectivity index (χ4n) is 3.87. The Balaban J connectivity index is 1.63. The minimum Gasteiger partial charge on any atom is -0.477 e. The van der Waals surface area contributed by atoms with E-state index in [2.05, 4.69) is 17.4 Å². The van der Waals surface area contributed by atoms with Crippen molar-refractivity contribution < 1.29 is 9.90 Å². The summed E-state index contributed by atoms with van der Waals surface area (Å²) in [4.78, 5) is 12.2. The highest BCUT2D eigenvalue weighted by Crippen LogP contribution is 2.28. The van der Waals surface area contributed by atoms with Crippen LogP contribution >= 0.6 is 11.6 Å². The van der Waals surface area contributed by atoms with Gasteiger partial charge >= 0.3 is 5.97 Å². The lowest BCUT2D eigenvalue weighted by atomic mass is 10.1. The molecule has 0 unspecified atom stereocenters. The van der Waals surface area contributed by atoms with E-state index in [1.165, 1.54) is 5.56 Å². The third-order valence-corrected chi connectivity index (χ3v) is 5.48. The molecule has 152 valence electrons. The van der Waals surface area contributed by atoms with E-state index >= 15 is 0 Å². The number of para-hydroxylation sites is 1. The molecule has 0 fully saturated rings. The second-order valence-electron chi connectivity index (χ2n) is 7.28. The Morgan fingerprint density at radius 2 is 1.67 bits per heavy atom. The maximum Gasteiger partial charge on any atom is 0.352 e. The maximum absolute atomic E-state index is 12.2. The van der Waals surface area contributed by atoms with Crippen LogP contribution in [-0.2, 0) is 19.5 Å². The fraction of sp³-hybridized carbons (Fsp3) is 0.160. The molecule has 4 nitrogen and oxygen atoms in total. The minimum atomic E-state index is -0.923. The molecule has 1 heterocycles. The van der Waals surface area contributed by atoms with Gasteiger partial charge in [0.05, 0.1) is 0 Å². The number of aromatic carboxylic acids is 1. The summed E-state index contributed by atoms with van der Waals surface area (Å²) in [5.41, 5.74) is 4.27. The van der Waals surface area contributed by atoms with Crippen molar-refractivity contribution in [1.82, 2.24) is 9.88 Å². The monoisotopic (exact) mass is 418 g/mol. The molecule has 0 amide bonds. The zero-order valence-corrected chi connectivity index (χ0v) is 17.3. The highest BCUT2D eigenvalue weighted by Gasteiger charge is 2.22. The van der Waals surface area contributed by atoms with Gasteiger partial charge in [0.15, 0.2) is 0 Å². The van der Waals surface area contributed by atoms with E-state index in [9.17, 15) is 9.90 Å². The zero-order valence-electron chi connectivity index (χ0n) is 16.5. The first-order valence-corrected chi connectivity index (χ1v) is 10.3. The number of nitrogens with one attached hydrogen (secondary N) is 1. The van der Waals surface area contributed by atoms with Crippen molar-refractivity contribution in [3.8, 4) is 0 Å². The number of carbonyl (C=O) groups is 1. The first kappa shape index (κ1) is 20.2. The summed E-state index contributed by atoms with van der Waals surface area (Å²) in [6.45, 7) is 1.72. The summed E-state index contributed by atoms with van der Waals surface area (Å²) >= 11 is 6.14. The molecule has 0 aliphatic carbocycles. The zero-order chi connectivity index (χ0) is 20.9. The van der Waals surface area contributed by atoms with E-state index in [0.717, 1.165) is 35.0 Å². The fourth-order valence-corrected chi connectivity index (χ4v) is 4.08. The molecular formula is C25H23ClN2O2. The van der Waals surface area contributed by atoms with E-state index in [1.54, 1.807) is 0 Å². The van der Waals surface area contributed by atoms with Crippen LogP contribution < -0.4 is 5.32 Å². The van der Waals surface area contributed by atoms with Gasteiger partial charge < -0.3 is 15.0 Å². The van der Waals surface area contributed by atoms with Gasteiger partial charge in [-0.2, -0.15) is 0 Å². The van der Waals surface area contributed by atoms with Crippen molar-refractivity contribution in [2.45, 2.75) is 19.5 Å². The number of benzene rings is 3. The van der Waals surface area contributed by atoms with E-state index in [1.807, 2.05) is 71.3 Å². The number of halogens is 1. The van der Waals surface area contributed by atoms with Gasteiger partial charge in [0.1, 0.15) is 5.69 Å². The average molecular weight is 419 g/mol. The number of carboxylic acid groups (broad SMARTS) is 1. The summed E-state index contributed by atoms with van der Waals surface area (Å²) in [6.07, 6.45) is 0.893. The summed E-state index contributed by atoms with van der Waals surface area (Å²) in [7, 11) is 0. The SMILES string of the molecule is O=C(O)c1c(CNCCc2ccccc2)c2ccccc2n1Cc1cccc(Cl)c1. The number of aromatic nitrogens is 1. The van der Waals surface area contributed by atoms with Crippen LogP contribution in [0.3, 0.4) is 0 Å². The molecule has 0 spiro atoms. The Morgan fingerprint density at radius 1 is 0.933 bits per heavy atom. The third-order valence-electron chi connectivity index (χ3n) is 5.24. The number of nitrogens with zero attached hydrogens (tertiary/aromatic N) is 1. The molecule has 4 aromatic rings. The molecule has 0 saturated carbocycles. The highest BCUT2D eigenvalue weighted by molar-refractivity contribution is 6.30. The molecule has 0 radical (unpaired) electrons. The second kappa shape index (κ2) is 9.16. The van der Waals surface area contributed by atoms with E-state index in [-0.39, 0.29) is 0 Å². The van der Waals surface area contributed by atoms with Gasteiger partial charge in [0.2, 0.25) is 0 Å². The molecule has 0 saturated heterocycles. The van der Waals surface area contributed by atoms with Gasteiger partial charge in [0.25, 0.3) is 0 Å². The molecule has 4 rings (SSSR count). The summed E-state index contributed by atoms with van der Waals surface area (Å²) < 4.78 is 1.87. The van der Waals surface area contributed by atoms with Crippen LogP contribution in [0.25, 0.3) is 10.9 Å². The van der Waals surface area contributed by atoms with Gasteiger partial charge in [-0.1, -0.05) is 72.3 Å². The van der Waals surface area contributed by atoms with Crippen LogP contribution in [0.1, 0.15) is 27.2 Å². The van der Waals surface area contributed by atoms with Crippen molar-refractivity contribution >= 4 is 28.5 Å². The van der Waals surface area contributed by atoms with E-state index in [4.69, 9.17) is 11.6 Å². The first-order chi connectivity index (χ1) is 14.6. The Hall–Kier alpha value is -3.08. The maximum atomic E-state index is 12.2. The van der Waals surface area contributed by atoms with Crippen molar-refractivity contribution in [3.63, 3.8) is 0 Å². The molecule has 5 heteroatoms. The molecule has 0 bridgehead atoms. The number of hydrogen-bond acceptors (Lipinski definition) is 2. The van der Waals surface area contributed by atoms with Gasteiger partial charge in [-0.3, -0.25) is 0 Å². The second-order valence-corrected chi connectivity index (χ2v) is 7.71. The number of carboxylic acids is 1. The first-order valence-electron chi connectivity index (χ1n) is 9.96. The van der Waals surface area contributed by atoms with Crippen LogP contribution in [0.5, 0.6) is 0 Å². The average Bonchev–Trinajstić information content (AvgIpc) is 3.06. The Kier molecular flexibility index (Phi) is 6.17. The molecule has 1 aromatic heterocycles. The topological polar surface area (TPSA) is 54.3 Å². The van der Waals surface area contributed by atoms with Gasteiger partial charge in [-0.15, -0.1) is 0 Å². The standard InChI is InChI=1S/C25H23ClN2O2/c26-20-10-6-9-19(15-20)17-28-23-12-5-4-11-21(23)22(24(28)25(29)30)16-27-14-13-18-7-2-1-3-8-18/h1-12,15,27H,13-14,16-17H2,(H,29,30). The van der Waals surface area contributed by atoms with Crippen LogP contribution in [0, 0.1) is 0 Å². The lowest BCUT2D eigenvalue weighted by Crippen LogP contribution is -2.19. The van der Waals surface area contributed by atoms with Gasteiger partial charge in [-0.25, -0.2) is 4.79 Å². The minimum absolute atomic E-state index is 0.323. The van der Waals surface area contributed by atoms with E-state index < -0.39 is 5.97 Å². The Bertz CT molecular complexity index is 1170. The van der Waals surface area contributed by atoms with Crippen LogP contribution in [0.2, 0.25) is 5.02 Å². The van der Waals surface area contributed by atoms with Crippen molar-refractivity contribution in [2.24, 2.45) is 0 Å². The lowest BCUT2D eigenvalue weighted by Gasteiger charge is -2.10. The Morgan fingerprint density at radius 3 is 2.43 bits per heavy atom. The predicted molar refractivity (Wildman–Crippen MR) is 121 cm³/mol. The smallest absolute Gasteiger partial charge is 0.352 e. The van der Waals surface area contributed by atoms with Crippen molar-refractivity contribution in [2.75, 3.05) is 6.54 Å². The quantitative estimate of drug-likeness (QED) is 0.378. The van der Waals surface area contributed by atoms with Gasteiger partial charge in [0, 0.05) is 34.6 Å². The number of hydrogen-bond donors (Lipinski definition) is 2. The van der Waals surface area contributed by atoms with Crippen molar-refractivity contribution in [1.29, 1.82) is 0 Å².